The van der Waals surface area contributed by atoms with E-state index in [4.69, 9.17) is 28.8 Å². The molecule has 2 saturated heterocycles. The third-order valence-electron chi connectivity index (χ3n) is 10.3. The number of carbonyl (C=O) groups is 5. The van der Waals surface area contributed by atoms with E-state index in [1.807, 2.05) is 60.7 Å². The number of cyclic esters (lactones) is 1. The molecule has 0 saturated carbocycles. The Bertz CT molecular complexity index is 2230. The first kappa shape index (κ1) is 40.8. The molecule has 3 aliphatic rings. The molecular formula is C46H44N2O11. The van der Waals surface area contributed by atoms with Crippen LogP contribution >= 0.6 is 0 Å². The first-order valence-corrected chi connectivity index (χ1v) is 19.3. The number of aliphatic hydroxyl groups excluding tert-OH is 1. The highest BCUT2D eigenvalue weighted by Crippen LogP contribution is 2.47. The molecule has 3 N–H and O–H groups in total. The van der Waals surface area contributed by atoms with Gasteiger partial charge in [0.25, 0.3) is 5.91 Å². The summed E-state index contributed by atoms with van der Waals surface area (Å²) in [7, 11) is 0. The Kier molecular flexibility index (Phi) is 12.2. The minimum Gasteiger partial charge on any atom is -0.462 e. The fourth-order valence-electron chi connectivity index (χ4n) is 7.26. The number of rotatable bonds is 13. The first-order chi connectivity index (χ1) is 28.5. The van der Waals surface area contributed by atoms with E-state index in [0.29, 0.717) is 33.4 Å². The van der Waals surface area contributed by atoms with Crippen molar-refractivity contribution < 1.29 is 52.8 Å². The summed E-state index contributed by atoms with van der Waals surface area (Å²) in [4.78, 5) is 65.5. The molecule has 2 amide bonds. The van der Waals surface area contributed by atoms with Gasteiger partial charge in [-0.25, -0.2) is 14.4 Å². The van der Waals surface area contributed by atoms with E-state index < -0.39 is 59.4 Å². The van der Waals surface area contributed by atoms with Crippen LogP contribution in [0.1, 0.15) is 63.2 Å². The van der Waals surface area contributed by atoms with Crippen LogP contribution in [0.3, 0.4) is 0 Å². The lowest BCUT2D eigenvalue weighted by Crippen LogP contribution is -2.43. The van der Waals surface area contributed by atoms with Gasteiger partial charge in [0.2, 0.25) is 17.8 Å². The number of benzene rings is 4. The average Bonchev–Trinajstić information content (AvgIpc) is 3.78. The van der Waals surface area contributed by atoms with Gasteiger partial charge in [0, 0.05) is 53.3 Å². The molecule has 2 fully saturated rings. The van der Waals surface area contributed by atoms with E-state index in [2.05, 4.69) is 10.6 Å². The van der Waals surface area contributed by atoms with E-state index in [1.165, 1.54) is 6.08 Å². The van der Waals surface area contributed by atoms with Gasteiger partial charge in [-0.3, -0.25) is 9.59 Å². The minimum absolute atomic E-state index is 0.0248. The van der Waals surface area contributed by atoms with Crippen LogP contribution < -0.4 is 10.6 Å². The molecule has 13 nitrogen and oxygen atoms in total. The van der Waals surface area contributed by atoms with Crippen molar-refractivity contribution in [2.75, 3.05) is 19.8 Å². The molecule has 0 aromatic heterocycles. The van der Waals surface area contributed by atoms with E-state index in [-0.39, 0.29) is 44.2 Å². The SMILES string of the molecule is CC1(C)COC(=O)[C@@H]1OC(=O)C=Cc1ccccc1C(=O)O[C@@H]1CC(C(=O)NCc2cccc(C(=O)NCCO)c2)=C[C@H]2OC(c3ccccc3)(c3ccccc3)O[C@H]21. The van der Waals surface area contributed by atoms with Crippen LogP contribution in [0.4, 0.5) is 0 Å². The highest BCUT2D eigenvalue weighted by molar-refractivity contribution is 5.97. The zero-order valence-electron chi connectivity index (χ0n) is 32.5. The Morgan fingerprint density at radius 3 is 2.20 bits per heavy atom. The van der Waals surface area contributed by atoms with Gasteiger partial charge >= 0.3 is 17.9 Å². The van der Waals surface area contributed by atoms with Crippen LogP contribution in [0.5, 0.6) is 0 Å². The monoisotopic (exact) mass is 800 g/mol. The lowest BCUT2D eigenvalue weighted by atomic mass is 9.90. The van der Waals surface area contributed by atoms with Gasteiger partial charge in [-0.2, -0.15) is 0 Å². The summed E-state index contributed by atoms with van der Waals surface area (Å²) in [6.07, 6.45) is 0.446. The molecular weight excluding hydrogens is 757 g/mol. The Morgan fingerprint density at radius 1 is 0.831 bits per heavy atom. The summed E-state index contributed by atoms with van der Waals surface area (Å²) < 4.78 is 30.4. The van der Waals surface area contributed by atoms with Gasteiger partial charge in [-0.1, -0.05) is 105 Å². The number of hydrogen-bond donors (Lipinski definition) is 3. The standard InChI is InChI=1S/C46H44N2O11/c1-45(2)28-55-44(54)40(45)57-38(50)21-20-30-13-9-10-19-35(30)43(53)56-36-25-32(42(52)48-27-29-12-11-14-31(24-29)41(51)47-22-23-49)26-37-39(36)59-46(58-37,33-15-5-3-6-16-33)34-17-7-4-8-18-34/h3-21,24,26,36-37,39-40,49H,22-23,25,27-28H2,1-2H3,(H,47,51)(H,48,52)/t36-,37-,39+,40+/m1/s1. The topological polar surface area (TPSA) is 176 Å². The molecule has 7 rings (SSSR count). The maximum absolute atomic E-state index is 14.1. The number of amides is 2. The Labute approximate surface area is 341 Å². The number of aliphatic hydroxyl groups is 1. The molecule has 4 aromatic rings. The molecule has 4 aromatic carbocycles. The maximum atomic E-state index is 14.1. The smallest absolute Gasteiger partial charge is 0.348 e. The molecule has 0 bridgehead atoms. The minimum atomic E-state index is -1.41. The van der Waals surface area contributed by atoms with Gasteiger partial charge in [0.15, 0.2) is 0 Å². The molecule has 4 atom stereocenters. The third kappa shape index (κ3) is 9.02. The Morgan fingerprint density at radius 2 is 1.53 bits per heavy atom. The van der Waals surface area contributed by atoms with Crippen molar-refractivity contribution in [3.05, 3.63) is 160 Å². The molecule has 0 unspecified atom stereocenters. The maximum Gasteiger partial charge on any atom is 0.348 e. The lowest BCUT2D eigenvalue weighted by Gasteiger charge is -2.31. The van der Waals surface area contributed by atoms with Crippen LogP contribution in [-0.4, -0.2) is 79.0 Å². The van der Waals surface area contributed by atoms with E-state index in [9.17, 15) is 24.0 Å². The van der Waals surface area contributed by atoms with Crippen LogP contribution in [0.25, 0.3) is 6.08 Å². The van der Waals surface area contributed by atoms with E-state index in [1.54, 1.807) is 68.5 Å². The molecule has 59 heavy (non-hydrogen) atoms. The fraction of sp³-hybridized carbons (Fsp3) is 0.283. The lowest BCUT2D eigenvalue weighted by molar-refractivity contribution is -0.159. The molecule has 2 aliphatic heterocycles. The van der Waals surface area contributed by atoms with Crippen molar-refractivity contribution in [1.82, 2.24) is 10.6 Å². The van der Waals surface area contributed by atoms with E-state index in [0.717, 1.165) is 6.08 Å². The van der Waals surface area contributed by atoms with Gasteiger partial charge in [-0.05, 0) is 41.5 Å². The summed E-state index contributed by atoms with van der Waals surface area (Å²) in [5.41, 5.74) is 2.52. The summed E-state index contributed by atoms with van der Waals surface area (Å²) in [6.45, 7) is 3.65. The summed E-state index contributed by atoms with van der Waals surface area (Å²) in [6, 6.07) is 32.0. The van der Waals surface area contributed by atoms with Crippen LogP contribution in [0.2, 0.25) is 0 Å². The quantitative estimate of drug-likeness (QED) is 0.0965. The van der Waals surface area contributed by atoms with Gasteiger partial charge in [0.05, 0.1) is 12.2 Å². The zero-order valence-corrected chi connectivity index (χ0v) is 32.5. The third-order valence-corrected chi connectivity index (χ3v) is 10.3. The fourth-order valence-corrected chi connectivity index (χ4v) is 7.26. The number of fused-ring (bicyclic) bond motifs is 1. The van der Waals surface area contributed by atoms with Crippen molar-refractivity contribution in [2.24, 2.45) is 5.41 Å². The molecule has 304 valence electrons. The zero-order chi connectivity index (χ0) is 41.6. The predicted octanol–water partition coefficient (Wildman–Crippen LogP) is 4.77. The summed E-state index contributed by atoms with van der Waals surface area (Å²) in [5, 5.41) is 14.6. The molecule has 0 spiro atoms. The van der Waals surface area contributed by atoms with Crippen molar-refractivity contribution in [1.29, 1.82) is 0 Å². The number of hydrogen-bond acceptors (Lipinski definition) is 11. The summed E-state index contributed by atoms with van der Waals surface area (Å²) in [5.74, 6) is -4.34. The second kappa shape index (κ2) is 17.6. The van der Waals surface area contributed by atoms with Crippen LogP contribution in [-0.2, 0) is 50.4 Å². The van der Waals surface area contributed by atoms with E-state index >= 15 is 0 Å². The van der Waals surface area contributed by atoms with Crippen molar-refractivity contribution >= 4 is 35.8 Å². The van der Waals surface area contributed by atoms with Gasteiger partial charge in [0.1, 0.15) is 24.9 Å². The first-order valence-electron chi connectivity index (χ1n) is 19.3. The second-order valence-electron chi connectivity index (χ2n) is 15.0. The molecule has 13 heteroatoms. The number of esters is 3. The van der Waals surface area contributed by atoms with Crippen molar-refractivity contribution in [3.63, 3.8) is 0 Å². The molecule has 2 heterocycles. The molecule has 1 aliphatic carbocycles. The normalized spacial score (nSPS) is 21.5. The van der Waals surface area contributed by atoms with Gasteiger partial charge in [-0.15, -0.1) is 0 Å². The van der Waals surface area contributed by atoms with Gasteiger partial charge < -0.3 is 39.4 Å². The second-order valence-corrected chi connectivity index (χ2v) is 15.0. The summed E-state index contributed by atoms with van der Waals surface area (Å²) >= 11 is 0. The van der Waals surface area contributed by atoms with Crippen LogP contribution in [0.15, 0.2) is 127 Å². The largest absolute Gasteiger partial charge is 0.462 e. The Hall–Kier alpha value is -6.41. The van der Waals surface area contributed by atoms with Crippen molar-refractivity contribution in [2.45, 2.75) is 57.0 Å². The van der Waals surface area contributed by atoms with Crippen LogP contribution in [0, 0.1) is 5.41 Å². The molecule has 0 radical (unpaired) electrons. The number of carbonyl (C=O) groups excluding carboxylic acids is 5. The number of nitrogens with one attached hydrogen (secondary N) is 2. The van der Waals surface area contributed by atoms with Crippen molar-refractivity contribution in [3.8, 4) is 0 Å². The Balaban J connectivity index is 1.15. The highest BCUT2D eigenvalue weighted by atomic mass is 16.8. The predicted molar refractivity (Wildman–Crippen MR) is 213 cm³/mol. The number of ether oxygens (including phenoxy) is 5. The average molecular weight is 801 g/mol. The highest BCUT2D eigenvalue weighted by Gasteiger charge is 2.55.